The lowest BCUT2D eigenvalue weighted by molar-refractivity contribution is -0.137. The summed E-state index contributed by atoms with van der Waals surface area (Å²) in [6.07, 6.45) is 9.54. The molecule has 0 saturated carbocycles. The van der Waals surface area contributed by atoms with E-state index in [2.05, 4.69) is 5.10 Å². The first-order valence-corrected chi connectivity index (χ1v) is 9.10. The van der Waals surface area contributed by atoms with Gasteiger partial charge >= 0.3 is 0 Å². The summed E-state index contributed by atoms with van der Waals surface area (Å²) in [5, 5.41) is 4.35. The number of aryl methyl sites for hydroxylation is 1. The van der Waals surface area contributed by atoms with Crippen LogP contribution in [0.5, 0.6) is 0 Å². The summed E-state index contributed by atoms with van der Waals surface area (Å²) >= 11 is 0. The van der Waals surface area contributed by atoms with Gasteiger partial charge in [-0.05, 0) is 44.6 Å². The van der Waals surface area contributed by atoms with Crippen LogP contribution in [-0.2, 0) is 16.1 Å². The Morgan fingerprint density at radius 2 is 1.88 bits per heavy atom. The monoisotopic (exact) mass is 332 g/mol. The highest BCUT2D eigenvalue weighted by Crippen LogP contribution is 2.24. The van der Waals surface area contributed by atoms with Gasteiger partial charge in [-0.2, -0.15) is 5.10 Å². The van der Waals surface area contributed by atoms with E-state index in [0.29, 0.717) is 6.42 Å². The molecule has 2 amide bonds. The molecular formula is C18H28N4O2. The summed E-state index contributed by atoms with van der Waals surface area (Å²) in [4.78, 5) is 28.6. The molecule has 6 heteroatoms. The average Bonchev–Trinajstić information content (AvgIpc) is 3.17. The van der Waals surface area contributed by atoms with Gasteiger partial charge in [0.2, 0.25) is 11.8 Å². The molecule has 0 spiro atoms. The second-order valence-corrected chi connectivity index (χ2v) is 7.19. The topological polar surface area (TPSA) is 58.4 Å². The summed E-state index contributed by atoms with van der Waals surface area (Å²) < 4.78 is 1.94. The molecule has 2 saturated heterocycles. The van der Waals surface area contributed by atoms with Crippen LogP contribution in [0.15, 0.2) is 12.4 Å². The standard InChI is InChI=1S/C18H28N4O2/c1-14-11-19-20(12-14)13-17-7-5-9-22(17)18(24)10-16-6-3-4-8-21(16)15(2)23/h11-12,16-17H,3-10,13H2,1-2H3/t16-,17-/m0/s1. The molecule has 1 aromatic rings. The lowest BCUT2D eigenvalue weighted by atomic mass is 9.98. The lowest BCUT2D eigenvalue weighted by Crippen LogP contribution is -2.47. The fourth-order valence-corrected chi connectivity index (χ4v) is 4.08. The molecule has 0 unspecified atom stereocenters. The Morgan fingerprint density at radius 3 is 2.58 bits per heavy atom. The molecule has 2 fully saturated rings. The van der Waals surface area contributed by atoms with Crippen LogP contribution in [-0.4, -0.2) is 56.6 Å². The molecule has 0 aromatic carbocycles. The van der Waals surface area contributed by atoms with Crippen molar-refractivity contribution >= 4 is 11.8 Å². The van der Waals surface area contributed by atoms with Crippen molar-refractivity contribution in [1.82, 2.24) is 19.6 Å². The molecule has 3 heterocycles. The van der Waals surface area contributed by atoms with E-state index in [-0.39, 0.29) is 23.9 Å². The van der Waals surface area contributed by atoms with Crippen LogP contribution in [0, 0.1) is 6.92 Å². The van der Waals surface area contributed by atoms with E-state index in [4.69, 9.17) is 0 Å². The first kappa shape index (κ1) is 17.0. The number of nitrogens with zero attached hydrogens (tertiary/aromatic N) is 4. The van der Waals surface area contributed by atoms with Crippen molar-refractivity contribution in [2.75, 3.05) is 13.1 Å². The van der Waals surface area contributed by atoms with E-state index in [1.54, 1.807) is 6.92 Å². The Morgan fingerprint density at radius 1 is 1.12 bits per heavy atom. The second-order valence-electron chi connectivity index (χ2n) is 7.19. The number of amides is 2. The molecule has 2 aliphatic rings. The highest BCUT2D eigenvalue weighted by molar-refractivity contribution is 5.79. The minimum Gasteiger partial charge on any atom is -0.339 e. The summed E-state index contributed by atoms with van der Waals surface area (Å²) in [6.45, 7) is 6.03. The van der Waals surface area contributed by atoms with Gasteiger partial charge in [0.05, 0.1) is 18.8 Å². The molecule has 2 aliphatic heterocycles. The summed E-state index contributed by atoms with van der Waals surface area (Å²) in [7, 11) is 0. The average molecular weight is 332 g/mol. The minimum absolute atomic E-state index is 0.0805. The lowest BCUT2D eigenvalue weighted by Gasteiger charge is -2.36. The maximum atomic E-state index is 12.8. The highest BCUT2D eigenvalue weighted by atomic mass is 16.2. The van der Waals surface area contributed by atoms with Crippen molar-refractivity contribution in [1.29, 1.82) is 0 Å². The van der Waals surface area contributed by atoms with Crippen molar-refractivity contribution in [3.63, 3.8) is 0 Å². The van der Waals surface area contributed by atoms with Gasteiger partial charge in [-0.3, -0.25) is 14.3 Å². The number of aromatic nitrogens is 2. The number of hydrogen-bond donors (Lipinski definition) is 0. The molecule has 24 heavy (non-hydrogen) atoms. The van der Waals surface area contributed by atoms with Crippen LogP contribution in [0.4, 0.5) is 0 Å². The molecule has 6 nitrogen and oxygen atoms in total. The maximum absolute atomic E-state index is 12.8. The first-order valence-electron chi connectivity index (χ1n) is 9.10. The van der Waals surface area contributed by atoms with E-state index in [9.17, 15) is 9.59 Å². The number of carbonyl (C=O) groups excluding carboxylic acids is 2. The summed E-state index contributed by atoms with van der Waals surface area (Å²) in [6, 6.07) is 0.308. The van der Waals surface area contributed by atoms with Crippen molar-refractivity contribution < 1.29 is 9.59 Å². The predicted molar refractivity (Wildman–Crippen MR) is 91.3 cm³/mol. The minimum atomic E-state index is 0.0805. The Balaban J connectivity index is 1.61. The van der Waals surface area contributed by atoms with Crippen LogP contribution in [0.3, 0.4) is 0 Å². The number of rotatable bonds is 4. The Hall–Kier alpha value is -1.85. The zero-order valence-corrected chi connectivity index (χ0v) is 14.8. The van der Waals surface area contributed by atoms with E-state index in [0.717, 1.165) is 57.3 Å². The quantitative estimate of drug-likeness (QED) is 0.847. The van der Waals surface area contributed by atoms with Crippen LogP contribution in [0.2, 0.25) is 0 Å². The fraction of sp³-hybridized carbons (Fsp3) is 0.722. The third-order valence-corrected chi connectivity index (χ3v) is 5.30. The van der Waals surface area contributed by atoms with E-state index >= 15 is 0 Å². The van der Waals surface area contributed by atoms with Crippen LogP contribution >= 0.6 is 0 Å². The third kappa shape index (κ3) is 3.79. The van der Waals surface area contributed by atoms with Gasteiger partial charge in [0.1, 0.15) is 0 Å². The molecule has 1 aromatic heterocycles. The molecular weight excluding hydrogens is 304 g/mol. The summed E-state index contributed by atoms with van der Waals surface area (Å²) in [5.74, 6) is 0.289. The van der Waals surface area contributed by atoms with E-state index < -0.39 is 0 Å². The Labute approximate surface area is 143 Å². The summed E-state index contributed by atoms with van der Waals surface area (Å²) in [5.41, 5.74) is 1.14. The van der Waals surface area contributed by atoms with Crippen LogP contribution < -0.4 is 0 Å². The molecule has 0 bridgehead atoms. The molecule has 0 N–H and O–H groups in total. The predicted octanol–water partition coefficient (Wildman–Crippen LogP) is 1.97. The Bertz CT molecular complexity index is 598. The molecule has 0 aliphatic carbocycles. The first-order chi connectivity index (χ1) is 11.5. The molecule has 3 rings (SSSR count). The SMILES string of the molecule is CC(=O)N1CCCC[C@H]1CC(=O)N1CCC[C@H]1Cn1cc(C)cn1. The van der Waals surface area contributed by atoms with Gasteiger partial charge in [-0.15, -0.1) is 0 Å². The van der Waals surface area contributed by atoms with Crippen LogP contribution in [0.25, 0.3) is 0 Å². The van der Waals surface area contributed by atoms with Crippen LogP contribution in [0.1, 0.15) is 51.0 Å². The largest absolute Gasteiger partial charge is 0.339 e. The normalized spacial score (nSPS) is 24.4. The van der Waals surface area contributed by atoms with Crippen molar-refractivity contribution in [3.05, 3.63) is 18.0 Å². The van der Waals surface area contributed by atoms with E-state index in [1.165, 1.54) is 0 Å². The number of likely N-dealkylation sites (tertiary alicyclic amines) is 2. The maximum Gasteiger partial charge on any atom is 0.224 e. The number of carbonyl (C=O) groups is 2. The van der Waals surface area contributed by atoms with Gasteiger partial charge in [-0.25, -0.2) is 0 Å². The number of hydrogen-bond acceptors (Lipinski definition) is 3. The zero-order valence-electron chi connectivity index (χ0n) is 14.8. The van der Waals surface area contributed by atoms with Crippen molar-refractivity contribution in [2.24, 2.45) is 0 Å². The van der Waals surface area contributed by atoms with Gasteiger partial charge in [-0.1, -0.05) is 0 Å². The van der Waals surface area contributed by atoms with Gasteiger partial charge in [0.15, 0.2) is 0 Å². The molecule has 2 atom stereocenters. The zero-order chi connectivity index (χ0) is 17.1. The second kappa shape index (κ2) is 7.36. The highest BCUT2D eigenvalue weighted by Gasteiger charge is 2.33. The molecule has 0 radical (unpaired) electrons. The van der Waals surface area contributed by atoms with Crippen molar-refractivity contribution in [2.45, 2.75) is 71.0 Å². The van der Waals surface area contributed by atoms with Crippen molar-refractivity contribution in [3.8, 4) is 0 Å². The van der Waals surface area contributed by atoms with Gasteiger partial charge in [0, 0.05) is 38.7 Å². The van der Waals surface area contributed by atoms with Gasteiger partial charge in [0.25, 0.3) is 0 Å². The van der Waals surface area contributed by atoms with E-state index in [1.807, 2.05) is 33.8 Å². The smallest absolute Gasteiger partial charge is 0.224 e. The Kier molecular flexibility index (Phi) is 5.21. The fourth-order valence-electron chi connectivity index (χ4n) is 4.08. The molecule has 132 valence electrons. The van der Waals surface area contributed by atoms with Gasteiger partial charge < -0.3 is 9.80 Å². The third-order valence-electron chi connectivity index (χ3n) is 5.30. The number of piperidine rings is 1.